The normalized spacial score (nSPS) is 23.4. The predicted molar refractivity (Wildman–Crippen MR) is 125 cm³/mol. The average Bonchev–Trinajstić information content (AvgIpc) is 2.84. The van der Waals surface area contributed by atoms with Crippen molar-refractivity contribution in [1.82, 2.24) is 9.80 Å². The Bertz CT molecular complexity index is 961. The largest absolute Gasteiger partial charge is 0.497 e. The van der Waals surface area contributed by atoms with Gasteiger partial charge in [0.1, 0.15) is 5.75 Å². The number of anilines is 1. The number of morpholine rings is 1. The van der Waals surface area contributed by atoms with E-state index in [-0.39, 0.29) is 17.9 Å². The highest BCUT2D eigenvalue weighted by Crippen LogP contribution is 2.39. The summed E-state index contributed by atoms with van der Waals surface area (Å²) in [6.07, 6.45) is 0.769. The summed E-state index contributed by atoms with van der Waals surface area (Å²) in [7, 11) is 1.71. The second-order valence-electron chi connectivity index (χ2n) is 8.87. The van der Waals surface area contributed by atoms with Gasteiger partial charge >= 0.3 is 0 Å². The smallest absolute Gasteiger partial charge is 0.228 e. The van der Waals surface area contributed by atoms with E-state index in [2.05, 4.69) is 34.1 Å². The Morgan fingerprint density at radius 2 is 1.88 bits per heavy atom. The Morgan fingerprint density at radius 3 is 2.62 bits per heavy atom. The summed E-state index contributed by atoms with van der Waals surface area (Å²) in [5.41, 5.74) is 3.70. The summed E-state index contributed by atoms with van der Waals surface area (Å²) in [6, 6.07) is 14.5. The minimum atomic E-state index is -0.0537. The number of amides is 1. The van der Waals surface area contributed by atoms with Gasteiger partial charge in [0.25, 0.3) is 0 Å². The van der Waals surface area contributed by atoms with E-state index in [1.807, 2.05) is 23.1 Å². The standard InChI is InChI=1S/C25H30ClN3O3/c1-31-21-7-4-19-14-22(25(30)28-10-12-32-13-11-28)24-17-27(8-9-29(24)23(19)15-21)16-18-2-5-20(26)6-3-18/h2-7,15,22,24H,8-14,16-17H2,1H3/t22-,24+/m1/s1. The third kappa shape index (κ3) is 4.32. The number of nitrogens with zero attached hydrogens (tertiary/aromatic N) is 3. The van der Waals surface area contributed by atoms with Crippen LogP contribution in [0.25, 0.3) is 0 Å². The van der Waals surface area contributed by atoms with E-state index in [0.717, 1.165) is 43.4 Å². The summed E-state index contributed by atoms with van der Waals surface area (Å²) in [4.78, 5) is 20.5. The Hall–Kier alpha value is -2.28. The van der Waals surface area contributed by atoms with Crippen LogP contribution in [0, 0.1) is 5.92 Å². The van der Waals surface area contributed by atoms with Crippen molar-refractivity contribution in [3.8, 4) is 5.75 Å². The molecule has 0 radical (unpaired) electrons. The number of piperazine rings is 1. The van der Waals surface area contributed by atoms with Crippen LogP contribution in [0.1, 0.15) is 11.1 Å². The Kier molecular flexibility index (Phi) is 6.26. The van der Waals surface area contributed by atoms with E-state index >= 15 is 0 Å². The third-order valence-corrected chi connectivity index (χ3v) is 7.22. The van der Waals surface area contributed by atoms with Gasteiger partial charge in [-0.15, -0.1) is 0 Å². The Balaban J connectivity index is 1.41. The summed E-state index contributed by atoms with van der Waals surface area (Å²) in [6.45, 7) is 6.20. The van der Waals surface area contributed by atoms with Crippen molar-refractivity contribution in [2.75, 3.05) is 57.9 Å². The summed E-state index contributed by atoms with van der Waals surface area (Å²) in [5.74, 6) is 1.07. The molecule has 2 fully saturated rings. The molecule has 0 aromatic heterocycles. The minimum absolute atomic E-state index is 0.0537. The van der Waals surface area contributed by atoms with Gasteiger partial charge < -0.3 is 19.3 Å². The summed E-state index contributed by atoms with van der Waals surface area (Å²) in [5, 5.41) is 0.757. The van der Waals surface area contributed by atoms with E-state index in [1.165, 1.54) is 16.8 Å². The zero-order valence-electron chi connectivity index (χ0n) is 18.5. The molecule has 2 saturated heterocycles. The van der Waals surface area contributed by atoms with E-state index in [1.54, 1.807) is 7.11 Å². The summed E-state index contributed by atoms with van der Waals surface area (Å²) >= 11 is 6.06. The number of halogens is 1. The molecule has 5 rings (SSSR count). The molecule has 6 nitrogen and oxygen atoms in total. The molecule has 7 heteroatoms. The van der Waals surface area contributed by atoms with E-state index in [9.17, 15) is 4.79 Å². The van der Waals surface area contributed by atoms with E-state index in [0.29, 0.717) is 26.3 Å². The van der Waals surface area contributed by atoms with Gasteiger partial charge in [-0.25, -0.2) is 0 Å². The predicted octanol–water partition coefficient (Wildman–Crippen LogP) is 3.07. The first-order valence-corrected chi connectivity index (χ1v) is 11.8. The lowest BCUT2D eigenvalue weighted by Gasteiger charge is -2.50. The maximum Gasteiger partial charge on any atom is 0.228 e. The fraction of sp³-hybridized carbons (Fsp3) is 0.480. The molecule has 0 bridgehead atoms. The molecule has 170 valence electrons. The second kappa shape index (κ2) is 9.30. The van der Waals surface area contributed by atoms with Crippen molar-refractivity contribution in [1.29, 1.82) is 0 Å². The molecule has 2 atom stereocenters. The first kappa shape index (κ1) is 21.6. The lowest BCUT2D eigenvalue weighted by atomic mass is 9.82. The van der Waals surface area contributed by atoms with E-state index < -0.39 is 0 Å². The number of methoxy groups -OCH3 is 1. The van der Waals surface area contributed by atoms with Crippen LogP contribution < -0.4 is 9.64 Å². The molecule has 3 aliphatic heterocycles. The van der Waals surface area contributed by atoms with Gasteiger partial charge in [-0.05, 0) is 35.7 Å². The van der Waals surface area contributed by atoms with Crippen LogP contribution in [0.5, 0.6) is 5.75 Å². The van der Waals surface area contributed by atoms with Crippen molar-refractivity contribution in [2.45, 2.75) is 19.0 Å². The second-order valence-corrected chi connectivity index (χ2v) is 9.30. The first-order valence-electron chi connectivity index (χ1n) is 11.4. The average molecular weight is 456 g/mol. The molecule has 3 aliphatic rings. The topological polar surface area (TPSA) is 45.2 Å². The molecule has 3 heterocycles. The van der Waals surface area contributed by atoms with Crippen molar-refractivity contribution >= 4 is 23.2 Å². The van der Waals surface area contributed by atoms with Crippen LogP contribution in [0.4, 0.5) is 5.69 Å². The molecule has 32 heavy (non-hydrogen) atoms. The Labute approximate surface area is 194 Å². The fourth-order valence-electron chi connectivity index (χ4n) is 5.26. The summed E-state index contributed by atoms with van der Waals surface area (Å²) < 4.78 is 11.0. The zero-order valence-corrected chi connectivity index (χ0v) is 19.3. The van der Waals surface area contributed by atoms with Crippen LogP contribution in [-0.4, -0.2) is 74.8 Å². The number of rotatable bonds is 4. The van der Waals surface area contributed by atoms with Crippen molar-refractivity contribution < 1.29 is 14.3 Å². The van der Waals surface area contributed by atoms with Gasteiger partial charge in [-0.2, -0.15) is 0 Å². The van der Waals surface area contributed by atoms with Crippen LogP contribution in [0.15, 0.2) is 42.5 Å². The minimum Gasteiger partial charge on any atom is -0.497 e. The molecule has 0 unspecified atom stereocenters. The molecule has 0 N–H and O–H groups in total. The maximum absolute atomic E-state index is 13.6. The number of hydrogen-bond donors (Lipinski definition) is 0. The molecule has 1 amide bonds. The zero-order chi connectivity index (χ0) is 22.1. The molecular formula is C25H30ClN3O3. The maximum atomic E-state index is 13.6. The molecule has 0 spiro atoms. The lowest BCUT2D eigenvalue weighted by molar-refractivity contribution is -0.141. The number of fused-ring (bicyclic) bond motifs is 3. The number of carbonyl (C=O) groups excluding carboxylic acids is 1. The van der Waals surface area contributed by atoms with Crippen LogP contribution in [0.2, 0.25) is 5.02 Å². The monoisotopic (exact) mass is 455 g/mol. The van der Waals surface area contributed by atoms with Gasteiger partial charge in [0.15, 0.2) is 0 Å². The van der Waals surface area contributed by atoms with Crippen molar-refractivity contribution in [2.24, 2.45) is 5.92 Å². The van der Waals surface area contributed by atoms with Gasteiger partial charge in [0.2, 0.25) is 5.91 Å². The van der Waals surface area contributed by atoms with Crippen LogP contribution >= 0.6 is 11.6 Å². The molecular weight excluding hydrogens is 426 g/mol. The van der Waals surface area contributed by atoms with Crippen molar-refractivity contribution in [3.63, 3.8) is 0 Å². The third-order valence-electron chi connectivity index (χ3n) is 6.97. The van der Waals surface area contributed by atoms with Crippen LogP contribution in [-0.2, 0) is 22.5 Å². The van der Waals surface area contributed by atoms with Gasteiger partial charge in [0, 0.05) is 56.0 Å². The molecule has 2 aromatic carbocycles. The quantitative estimate of drug-likeness (QED) is 0.709. The molecule has 2 aromatic rings. The first-order chi connectivity index (χ1) is 15.6. The fourth-order valence-corrected chi connectivity index (χ4v) is 5.38. The number of benzene rings is 2. The van der Waals surface area contributed by atoms with Crippen LogP contribution in [0.3, 0.4) is 0 Å². The SMILES string of the molecule is COc1ccc2c(c1)N1CCN(Cc3ccc(Cl)cc3)C[C@H]1[C@H](C(=O)N1CCOCC1)C2. The lowest BCUT2D eigenvalue weighted by Crippen LogP contribution is -2.61. The number of hydrogen-bond acceptors (Lipinski definition) is 5. The van der Waals surface area contributed by atoms with Gasteiger partial charge in [-0.1, -0.05) is 29.8 Å². The number of ether oxygens (including phenoxy) is 2. The van der Waals surface area contributed by atoms with Crippen molar-refractivity contribution in [3.05, 3.63) is 58.6 Å². The van der Waals surface area contributed by atoms with Gasteiger partial charge in [-0.3, -0.25) is 9.69 Å². The van der Waals surface area contributed by atoms with E-state index in [4.69, 9.17) is 21.1 Å². The molecule has 0 aliphatic carbocycles. The molecule has 0 saturated carbocycles. The highest BCUT2D eigenvalue weighted by Gasteiger charge is 2.43. The Morgan fingerprint density at radius 1 is 1.09 bits per heavy atom. The number of carbonyl (C=O) groups is 1. The highest BCUT2D eigenvalue weighted by molar-refractivity contribution is 6.30. The van der Waals surface area contributed by atoms with Gasteiger partial charge in [0.05, 0.1) is 32.3 Å². The highest BCUT2D eigenvalue weighted by atomic mass is 35.5.